The molecule has 2 amide bonds. The first-order chi connectivity index (χ1) is 30.7. The lowest BCUT2D eigenvalue weighted by Crippen LogP contribution is -2.15. The van der Waals surface area contributed by atoms with Crippen LogP contribution >= 0.6 is 0 Å². The highest BCUT2D eigenvalue weighted by molar-refractivity contribution is 7.91. The lowest BCUT2D eigenvalue weighted by Gasteiger charge is -2.08. The SMILES string of the molecule is COC(=O)CCc1c(/C=c2\[nH]/c(=C\C3=NC(=O)C(CCS(=O)(=O)c4ccc(C)cc4)=C3C)c(C)c2CCC(=O)OC)[nH]c(/C=C2\NC(=O)C(C)=C2CCS(=O)(=O)c2ccc(C)cc2)c1C. The standard InChI is InChI=1S/C49H54N4O10S2/c1-28-9-13-34(14-10-28)64(58,59)23-21-38-33(6)48(56)53-45(38)26-41-31(4)37(18-20-47(55)63-8)44(51-41)27-43-36(17-19-46(54)62-7)30(3)40(50-43)25-42-32(5)39(49(57)52-42)22-24-65(60,61)35-15-11-29(2)12-16-35/h9-16,25-27,50-51H,17-24H2,1-8H3,(H,53,56)/b40-25-,43-27-,45-26-. The summed E-state index contributed by atoms with van der Waals surface area (Å²) in [6.07, 6.45) is 6.15. The van der Waals surface area contributed by atoms with E-state index < -0.39 is 37.5 Å². The number of carbonyl (C=O) groups excluding carboxylic acids is 4. The molecule has 2 aliphatic heterocycles. The predicted octanol–water partition coefficient (Wildman–Crippen LogP) is 5.21. The van der Waals surface area contributed by atoms with Gasteiger partial charge in [-0.3, -0.25) is 19.2 Å². The third-order valence-electron chi connectivity index (χ3n) is 12.1. The number of hydrogen-bond acceptors (Lipinski definition) is 10. The van der Waals surface area contributed by atoms with Crippen LogP contribution in [0.1, 0.15) is 84.3 Å². The molecule has 2 aromatic carbocycles. The van der Waals surface area contributed by atoms with Gasteiger partial charge in [-0.15, -0.1) is 0 Å². The number of nitrogens with one attached hydrogen (secondary N) is 3. The maximum absolute atomic E-state index is 13.3. The summed E-state index contributed by atoms with van der Waals surface area (Å²) in [7, 11) is -4.69. The molecule has 2 aliphatic rings. The molecule has 4 aromatic rings. The molecule has 3 N–H and O–H groups in total. The normalized spacial score (nSPS) is 15.7. The molecular weight excluding hydrogens is 869 g/mol. The van der Waals surface area contributed by atoms with Crippen LogP contribution in [0.25, 0.3) is 18.2 Å². The van der Waals surface area contributed by atoms with E-state index >= 15 is 0 Å². The molecule has 0 spiro atoms. The Labute approximate surface area is 379 Å². The summed E-state index contributed by atoms with van der Waals surface area (Å²) in [5.74, 6) is -2.14. The number of aromatic nitrogens is 2. The molecule has 2 aromatic heterocycles. The Hall–Kier alpha value is -6.39. The molecule has 0 saturated carbocycles. The molecule has 0 unspecified atom stereocenters. The fourth-order valence-electron chi connectivity index (χ4n) is 7.91. The second kappa shape index (κ2) is 19.8. The predicted molar refractivity (Wildman–Crippen MR) is 249 cm³/mol. The number of benzene rings is 2. The first-order valence-electron chi connectivity index (χ1n) is 21.1. The third kappa shape index (κ3) is 10.9. The summed E-state index contributed by atoms with van der Waals surface area (Å²) in [5, 5.41) is 4.13. The molecule has 4 heterocycles. The number of rotatable bonds is 17. The summed E-state index contributed by atoms with van der Waals surface area (Å²) in [6.45, 7) is 10.9. The zero-order valence-electron chi connectivity index (χ0n) is 37.9. The second-order valence-electron chi connectivity index (χ2n) is 16.3. The summed E-state index contributed by atoms with van der Waals surface area (Å²) in [6, 6.07) is 13.2. The zero-order valence-corrected chi connectivity index (χ0v) is 39.5. The minimum Gasteiger partial charge on any atom is -0.469 e. The average Bonchev–Trinajstić information content (AvgIpc) is 3.92. The smallest absolute Gasteiger partial charge is 0.305 e. The Balaban J connectivity index is 1.39. The molecule has 0 fully saturated rings. The number of ether oxygens (including phenoxy) is 2. The monoisotopic (exact) mass is 922 g/mol. The van der Waals surface area contributed by atoms with Crippen LogP contribution in [-0.4, -0.2) is 82.0 Å². The number of nitrogens with zero attached hydrogens (tertiary/aromatic N) is 1. The molecule has 342 valence electrons. The summed E-state index contributed by atoms with van der Waals surface area (Å²) >= 11 is 0. The number of aryl methyl sites for hydroxylation is 2. The van der Waals surface area contributed by atoms with Gasteiger partial charge < -0.3 is 24.8 Å². The minimum absolute atomic E-state index is 0.0130. The molecule has 0 radical (unpaired) electrons. The number of methoxy groups -OCH3 is 2. The number of allylic oxidation sites excluding steroid dienone is 2. The van der Waals surface area contributed by atoms with Gasteiger partial charge in [0, 0.05) is 51.8 Å². The van der Waals surface area contributed by atoms with Gasteiger partial charge in [-0.25, -0.2) is 21.8 Å². The zero-order chi connectivity index (χ0) is 47.4. The van der Waals surface area contributed by atoms with Crippen molar-refractivity contribution in [1.29, 1.82) is 0 Å². The van der Waals surface area contributed by atoms with E-state index in [1.807, 2.05) is 33.8 Å². The molecule has 0 bridgehead atoms. The average molecular weight is 923 g/mol. The number of hydrogen-bond donors (Lipinski definition) is 3. The number of aliphatic imine (C=N–C) groups is 1. The van der Waals surface area contributed by atoms with Gasteiger partial charge in [-0.1, -0.05) is 35.4 Å². The lowest BCUT2D eigenvalue weighted by atomic mass is 10.0. The maximum Gasteiger partial charge on any atom is 0.305 e. The number of amides is 2. The second-order valence-corrected chi connectivity index (χ2v) is 20.6. The largest absolute Gasteiger partial charge is 0.469 e. The number of esters is 2. The molecule has 16 heteroatoms. The van der Waals surface area contributed by atoms with Crippen LogP contribution in [0.15, 0.2) is 91.3 Å². The number of carbonyl (C=O) groups is 4. The highest BCUT2D eigenvalue weighted by Crippen LogP contribution is 2.30. The van der Waals surface area contributed by atoms with Gasteiger partial charge in [0.25, 0.3) is 11.8 Å². The van der Waals surface area contributed by atoms with E-state index in [1.54, 1.807) is 74.5 Å². The highest BCUT2D eigenvalue weighted by Gasteiger charge is 2.28. The molecule has 0 saturated heterocycles. The van der Waals surface area contributed by atoms with Crippen molar-refractivity contribution in [2.24, 2.45) is 4.99 Å². The van der Waals surface area contributed by atoms with Crippen molar-refractivity contribution in [2.75, 3.05) is 25.7 Å². The Morgan fingerprint density at radius 1 is 0.600 bits per heavy atom. The van der Waals surface area contributed by atoms with Crippen LogP contribution in [0.4, 0.5) is 0 Å². The van der Waals surface area contributed by atoms with E-state index in [0.29, 0.717) is 55.8 Å². The third-order valence-corrected chi connectivity index (χ3v) is 15.5. The van der Waals surface area contributed by atoms with E-state index in [1.165, 1.54) is 14.2 Å². The van der Waals surface area contributed by atoms with E-state index in [9.17, 15) is 36.0 Å². The Morgan fingerprint density at radius 3 is 1.66 bits per heavy atom. The van der Waals surface area contributed by atoms with E-state index in [-0.39, 0.29) is 65.7 Å². The molecule has 6 rings (SSSR count). The Bertz CT molecular complexity index is 3070. The van der Waals surface area contributed by atoms with Gasteiger partial charge in [0.1, 0.15) is 0 Å². The van der Waals surface area contributed by atoms with E-state index in [4.69, 9.17) is 9.47 Å². The Kier molecular flexibility index (Phi) is 14.6. The topological polar surface area (TPSA) is 211 Å². The van der Waals surface area contributed by atoms with Crippen LogP contribution in [0.5, 0.6) is 0 Å². The van der Waals surface area contributed by atoms with Crippen LogP contribution in [0, 0.1) is 27.7 Å². The molecule has 14 nitrogen and oxygen atoms in total. The van der Waals surface area contributed by atoms with Gasteiger partial charge in [-0.2, -0.15) is 0 Å². The number of H-pyrrole nitrogens is 2. The first kappa shape index (κ1) is 48.1. The fraction of sp³-hybridized carbons (Fsp3) is 0.327. The molecular formula is C49H54N4O10S2. The van der Waals surface area contributed by atoms with Crippen LogP contribution in [0.2, 0.25) is 0 Å². The fourth-order valence-corrected chi connectivity index (χ4v) is 10.4. The van der Waals surface area contributed by atoms with Gasteiger partial charge in [-0.05, 0) is 143 Å². The van der Waals surface area contributed by atoms with Crippen LogP contribution < -0.4 is 16.0 Å². The molecule has 0 atom stereocenters. The quantitative estimate of drug-likeness (QED) is 0.118. The van der Waals surface area contributed by atoms with Crippen LogP contribution in [-0.2, 0) is 61.2 Å². The highest BCUT2D eigenvalue weighted by atomic mass is 32.2. The first-order valence-corrected chi connectivity index (χ1v) is 24.4. The van der Waals surface area contributed by atoms with Gasteiger partial charge in [0.05, 0.1) is 41.2 Å². The van der Waals surface area contributed by atoms with Crippen molar-refractivity contribution >= 4 is 67.4 Å². The van der Waals surface area contributed by atoms with Crippen molar-refractivity contribution < 1.29 is 45.5 Å². The Morgan fingerprint density at radius 2 is 1.12 bits per heavy atom. The minimum atomic E-state index is -3.66. The lowest BCUT2D eigenvalue weighted by molar-refractivity contribution is -0.141. The summed E-state index contributed by atoms with van der Waals surface area (Å²) in [5.41, 5.74) is 8.91. The molecule has 0 aliphatic carbocycles. The van der Waals surface area contributed by atoms with Crippen molar-refractivity contribution in [3.63, 3.8) is 0 Å². The summed E-state index contributed by atoms with van der Waals surface area (Å²) < 4.78 is 62.8. The van der Waals surface area contributed by atoms with Crippen molar-refractivity contribution in [3.8, 4) is 0 Å². The molecule has 65 heavy (non-hydrogen) atoms. The number of sulfone groups is 2. The van der Waals surface area contributed by atoms with E-state index in [0.717, 1.165) is 33.4 Å². The summed E-state index contributed by atoms with van der Waals surface area (Å²) in [4.78, 5) is 62.7. The van der Waals surface area contributed by atoms with Crippen molar-refractivity contribution in [2.45, 2.75) is 89.9 Å². The van der Waals surface area contributed by atoms with Crippen LogP contribution in [0.3, 0.4) is 0 Å². The van der Waals surface area contributed by atoms with Gasteiger partial charge in [0.15, 0.2) is 19.7 Å². The van der Waals surface area contributed by atoms with E-state index in [2.05, 4.69) is 20.3 Å². The van der Waals surface area contributed by atoms with Crippen molar-refractivity contribution in [1.82, 2.24) is 15.3 Å². The maximum atomic E-state index is 13.3. The van der Waals surface area contributed by atoms with Gasteiger partial charge in [0.2, 0.25) is 0 Å². The van der Waals surface area contributed by atoms with Crippen molar-refractivity contribution in [3.05, 3.63) is 132 Å². The number of aromatic amines is 2. The van der Waals surface area contributed by atoms with Gasteiger partial charge >= 0.3 is 11.9 Å².